The molecular formula is C15H15N3O2. The zero-order chi connectivity index (χ0) is 14.4. The summed E-state index contributed by atoms with van der Waals surface area (Å²) in [7, 11) is 0. The molecule has 1 aromatic carbocycles. The standard InChI is InChI=1S/C15H15N3O2/c1-8-4-5-9(2)13-12(8)14(19)18(15(13)20)7-11-6-16-17-10(11)3/h4-6H,7H2,1-3H3,(H,16,17). The fourth-order valence-electron chi connectivity index (χ4n) is 2.57. The van der Waals surface area contributed by atoms with Gasteiger partial charge in [0.25, 0.3) is 11.8 Å². The van der Waals surface area contributed by atoms with Gasteiger partial charge in [-0.25, -0.2) is 0 Å². The van der Waals surface area contributed by atoms with Crippen molar-refractivity contribution in [1.29, 1.82) is 0 Å². The number of carbonyl (C=O) groups is 2. The predicted octanol–water partition coefficient (Wildman–Crippen LogP) is 2.13. The molecular weight excluding hydrogens is 254 g/mol. The second-order valence-electron chi connectivity index (χ2n) is 5.17. The van der Waals surface area contributed by atoms with E-state index in [-0.39, 0.29) is 18.4 Å². The van der Waals surface area contributed by atoms with Crippen molar-refractivity contribution in [3.63, 3.8) is 0 Å². The number of H-pyrrole nitrogens is 1. The Bertz CT molecular complexity index is 690. The van der Waals surface area contributed by atoms with E-state index in [4.69, 9.17) is 0 Å². The molecule has 3 rings (SSSR count). The van der Waals surface area contributed by atoms with E-state index in [1.165, 1.54) is 4.90 Å². The molecule has 0 radical (unpaired) electrons. The molecule has 102 valence electrons. The molecule has 1 aliphatic rings. The Morgan fingerprint density at radius 1 is 1.05 bits per heavy atom. The zero-order valence-corrected chi connectivity index (χ0v) is 11.7. The van der Waals surface area contributed by atoms with Crippen LogP contribution in [-0.4, -0.2) is 26.9 Å². The van der Waals surface area contributed by atoms with Crippen LogP contribution >= 0.6 is 0 Å². The molecule has 0 unspecified atom stereocenters. The predicted molar refractivity (Wildman–Crippen MR) is 73.4 cm³/mol. The Hall–Kier alpha value is -2.43. The molecule has 5 nitrogen and oxygen atoms in total. The zero-order valence-electron chi connectivity index (χ0n) is 11.7. The summed E-state index contributed by atoms with van der Waals surface area (Å²) >= 11 is 0. The van der Waals surface area contributed by atoms with Crippen LogP contribution in [0.15, 0.2) is 18.3 Å². The molecule has 2 heterocycles. The van der Waals surface area contributed by atoms with Crippen molar-refractivity contribution >= 4 is 11.8 Å². The molecule has 2 amide bonds. The van der Waals surface area contributed by atoms with Crippen LogP contribution in [0.5, 0.6) is 0 Å². The van der Waals surface area contributed by atoms with E-state index in [1.807, 2.05) is 32.9 Å². The molecule has 0 saturated carbocycles. The Morgan fingerprint density at radius 3 is 2.05 bits per heavy atom. The lowest BCUT2D eigenvalue weighted by Gasteiger charge is -2.13. The molecule has 0 aliphatic carbocycles. The molecule has 1 aromatic heterocycles. The number of carbonyl (C=O) groups excluding carboxylic acids is 2. The van der Waals surface area contributed by atoms with Crippen LogP contribution in [0.25, 0.3) is 0 Å². The maximum Gasteiger partial charge on any atom is 0.262 e. The summed E-state index contributed by atoms with van der Waals surface area (Å²) in [5.74, 6) is -0.432. The van der Waals surface area contributed by atoms with Crippen LogP contribution in [0.4, 0.5) is 0 Å². The highest BCUT2D eigenvalue weighted by Crippen LogP contribution is 2.29. The average Bonchev–Trinajstić information content (AvgIpc) is 2.92. The monoisotopic (exact) mass is 269 g/mol. The van der Waals surface area contributed by atoms with Crippen LogP contribution in [0, 0.1) is 20.8 Å². The molecule has 1 aliphatic heterocycles. The second-order valence-corrected chi connectivity index (χ2v) is 5.17. The normalized spacial score (nSPS) is 14.1. The lowest BCUT2D eigenvalue weighted by atomic mass is 9.99. The van der Waals surface area contributed by atoms with E-state index in [2.05, 4.69) is 10.2 Å². The van der Waals surface area contributed by atoms with Crippen LogP contribution in [0.2, 0.25) is 0 Å². The number of nitrogens with zero attached hydrogens (tertiary/aromatic N) is 2. The van der Waals surface area contributed by atoms with Crippen LogP contribution < -0.4 is 0 Å². The summed E-state index contributed by atoms with van der Waals surface area (Å²) in [6.07, 6.45) is 1.65. The molecule has 20 heavy (non-hydrogen) atoms. The SMILES string of the molecule is Cc1ccc(C)c2c1C(=O)N(Cc1cn[nH]c1C)C2=O. The molecule has 5 heteroatoms. The van der Waals surface area contributed by atoms with E-state index in [1.54, 1.807) is 6.20 Å². The quantitative estimate of drug-likeness (QED) is 0.849. The number of rotatable bonds is 2. The summed E-state index contributed by atoms with van der Waals surface area (Å²) in [4.78, 5) is 26.3. The number of benzene rings is 1. The van der Waals surface area contributed by atoms with Gasteiger partial charge in [0.05, 0.1) is 23.9 Å². The molecule has 1 N–H and O–H groups in total. The smallest absolute Gasteiger partial charge is 0.262 e. The third-order valence-electron chi connectivity index (χ3n) is 3.80. The third kappa shape index (κ3) is 1.66. The minimum absolute atomic E-state index is 0.216. The molecule has 2 aromatic rings. The minimum Gasteiger partial charge on any atom is -0.283 e. The van der Waals surface area contributed by atoms with Gasteiger partial charge in [-0.1, -0.05) is 12.1 Å². The van der Waals surface area contributed by atoms with Crippen molar-refractivity contribution < 1.29 is 9.59 Å². The topological polar surface area (TPSA) is 66.1 Å². The first-order valence-corrected chi connectivity index (χ1v) is 6.46. The summed E-state index contributed by atoms with van der Waals surface area (Å²) in [6.45, 7) is 5.84. The number of aromatic nitrogens is 2. The highest BCUT2D eigenvalue weighted by Gasteiger charge is 2.38. The Balaban J connectivity index is 2.04. The Kier molecular flexibility index (Phi) is 2.71. The van der Waals surface area contributed by atoms with Gasteiger partial charge in [0.1, 0.15) is 0 Å². The molecule has 0 saturated heterocycles. The fraction of sp³-hybridized carbons (Fsp3) is 0.267. The largest absolute Gasteiger partial charge is 0.283 e. The number of amides is 2. The maximum atomic E-state index is 12.5. The first-order valence-electron chi connectivity index (χ1n) is 6.46. The van der Waals surface area contributed by atoms with Crippen molar-refractivity contribution in [2.45, 2.75) is 27.3 Å². The van der Waals surface area contributed by atoms with Gasteiger partial charge in [-0.05, 0) is 31.9 Å². The number of nitrogens with one attached hydrogen (secondary N) is 1. The van der Waals surface area contributed by atoms with Gasteiger partial charge in [-0.15, -0.1) is 0 Å². The van der Waals surface area contributed by atoms with E-state index in [0.29, 0.717) is 11.1 Å². The molecule has 0 bridgehead atoms. The van der Waals surface area contributed by atoms with Crippen molar-refractivity contribution in [1.82, 2.24) is 15.1 Å². The highest BCUT2D eigenvalue weighted by atomic mass is 16.2. The Morgan fingerprint density at radius 2 is 1.60 bits per heavy atom. The van der Waals surface area contributed by atoms with Crippen LogP contribution in [0.1, 0.15) is 43.1 Å². The first-order chi connectivity index (χ1) is 9.50. The molecule has 0 atom stereocenters. The maximum absolute atomic E-state index is 12.5. The van der Waals surface area contributed by atoms with Crippen molar-refractivity contribution in [2.75, 3.05) is 0 Å². The summed E-state index contributed by atoms with van der Waals surface area (Å²) in [5, 5.41) is 6.74. The lowest BCUT2D eigenvalue weighted by molar-refractivity contribution is 0.0642. The van der Waals surface area contributed by atoms with Gasteiger partial charge in [-0.3, -0.25) is 19.6 Å². The number of hydrogen-bond acceptors (Lipinski definition) is 3. The van der Waals surface area contributed by atoms with Gasteiger partial charge >= 0.3 is 0 Å². The van der Waals surface area contributed by atoms with Crippen molar-refractivity contribution in [3.05, 3.63) is 51.8 Å². The number of hydrogen-bond donors (Lipinski definition) is 1. The number of aryl methyl sites for hydroxylation is 3. The van der Waals surface area contributed by atoms with E-state index >= 15 is 0 Å². The number of aromatic amines is 1. The van der Waals surface area contributed by atoms with Crippen LogP contribution in [0.3, 0.4) is 0 Å². The van der Waals surface area contributed by atoms with Crippen molar-refractivity contribution in [3.8, 4) is 0 Å². The third-order valence-corrected chi connectivity index (χ3v) is 3.80. The van der Waals surface area contributed by atoms with E-state index < -0.39 is 0 Å². The number of imide groups is 1. The summed E-state index contributed by atoms with van der Waals surface area (Å²) in [6, 6.07) is 3.76. The Labute approximate surface area is 116 Å². The van der Waals surface area contributed by atoms with E-state index in [9.17, 15) is 9.59 Å². The van der Waals surface area contributed by atoms with Gasteiger partial charge in [0.15, 0.2) is 0 Å². The average molecular weight is 269 g/mol. The van der Waals surface area contributed by atoms with Crippen molar-refractivity contribution in [2.24, 2.45) is 0 Å². The van der Waals surface area contributed by atoms with Gasteiger partial charge in [0, 0.05) is 11.3 Å². The van der Waals surface area contributed by atoms with Gasteiger partial charge in [-0.2, -0.15) is 5.10 Å². The van der Waals surface area contributed by atoms with E-state index in [0.717, 1.165) is 22.4 Å². The second kappa shape index (κ2) is 4.30. The molecule has 0 fully saturated rings. The minimum atomic E-state index is -0.216. The molecule has 0 spiro atoms. The van der Waals surface area contributed by atoms with Gasteiger partial charge < -0.3 is 0 Å². The first kappa shape index (κ1) is 12.6. The highest BCUT2D eigenvalue weighted by molar-refractivity contribution is 6.22. The van der Waals surface area contributed by atoms with Gasteiger partial charge in [0.2, 0.25) is 0 Å². The lowest BCUT2D eigenvalue weighted by Crippen LogP contribution is -2.29. The number of fused-ring (bicyclic) bond motifs is 1. The summed E-state index contributed by atoms with van der Waals surface area (Å²) in [5.41, 5.74) is 4.49. The summed E-state index contributed by atoms with van der Waals surface area (Å²) < 4.78 is 0. The van der Waals surface area contributed by atoms with Crippen LogP contribution in [-0.2, 0) is 6.54 Å². The fourth-order valence-corrected chi connectivity index (χ4v) is 2.57.